The molecule has 21 heavy (non-hydrogen) atoms. The average Bonchev–Trinajstić information content (AvgIpc) is 2.51. The van der Waals surface area contributed by atoms with Gasteiger partial charge >= 0.3 is 0 Å². The van der Waals surface area contributed by atoms with Crippen LogP contribution in [-0.2, 0) is 0 Å². The standard InChI is InChI=1S/C18H19N3/c1-12-7-9-14(10-8-12)13(2)21-18-15-5-3-4-6-17(15)20-11-16(18)19/h3-11,13H,19H2,1-2H3,(H,20,21). The van der Waals surface area contributed by atoms with E-state index in [4.69, 9.17) is 5.73 Å². The Morgan fingerprint density at radius 2 is 1.76 bits per heavy atom. The van der Waals surface area contributed by atoms with Crippen molar-refractivity contribution in [1.29, 1.82) is 0 Å². The number of hydrogen-bond donors (Lipinski definition) is 2. The zero-order chi connectivity index (χ0) is 14.8. The molecule has 0 saturated carbocycles. The molecule has 0 aliphatic heterocycles. The van der Waals surface area contributed by atoms with Crippen molar-refractivity contribution in [3.63, 3.8) is 0 Å². The van der Waals surface area contributed by atoms with Crippen molar-refractivity contribution in [2.45, 2.75) is 19.9 Å². The van der Waals surface area contributed by atoms with Crippen LogP contribution in [0, 0.1) is 6.92 Å². The van der Waals surface area contributed by atoms with Crippen molar-refractivity contribution in [1.82, 2.24) is 4.98 Å². The Kier molecular flexibility index (Phi) is 3.48. The molecule has 0 radical (unpaired) electrons. The quantitative estimate of drug-likeness (QED) is 0.750. The zero-order valence-corrected chi connectivity index (χ0v) is 12.3. The molecule has 1 aromatic heterocycles. The molecule has 0 amide bonds. The summed E-state index contributed by atoms with van der Waals surface area (Å²) < 4.78 is 0. The van der Waals surface area contributed by atoms with Gasteiger partial charge in [-0.15, -0.1) is 0 Å². The van der Waals surface area contributed by atoms with Gasteiger partial charge < -0.3 is 11.1 Å². The molecule has 1 heterocycles. The van der Waals surface area contributed by atoms with Crippen LogP contribution in [0.3, 0.4) is 0 Å². The maximum Gasteiger partial charge on any atom is 0.0743 e. The Hall–Kier alpha value is -2.55. The minimum atomic E-state index is 0.179. The van der Waals surface area contributed by atoms with Gasteiger partial charge in [0.2, 0.25) is 0 Å². The Morgan fingerprint density at radius 3 is 2.52 bits per heavy atom. The molecule has 3 heteroatoms. The van der Waals surface area contributed by atoms with Crippen LogP contribution in [0.15, 0.2) is 54.7 Å². The highest BCUT2D eigenvalue weighted by Gasteiger charge is 2.10. The smallest absolute Gasteiger partial charge is 0.0743 e. The lowest BCUT2D eigenvalue weighted by Crippen LogP contribution is -2.09. The van der Waals surface area contributed by atoms with E-state index in [-0.39, 0.29) is 6.04 Å². The van der Waals surface area contributed by atoms with Gasteiger partial charge in [0, 0.05) is 11.4 Å². The van der Waals surface area contributed by atoms with E-state index >= 15 is 0 Å². The number of nitrogens with zero attached hydrogens (tertiary/aromatic N) is 1. The van der Waals surface area contributed by atoms with Crippen molar-refractivity contribution in [2.24, 2.45) is 0 Å². The van der Waals surface area contributed by atoms with Gasteiger partial charge in [-0.1, -0.05) is 48.0 Å². The van der Waals surface area contributed by atoms with Crippen LogP contribution < -0.4 is 11.1 Å². The zero-order valence-electron chi connectivity index (χ0n) is 12.3. The summed E-state index contributed by atoms with van der Waals surface area (Å²) in [6.07, 6.45) is 1.71. The van der Waals surface area contributed by atoms with Crippen LogP contribution in [0.1, 0.15) is 24.1 Å². The molecule has 0 fully saturated rings. The summed E-state index contributed by atoms with van der Waals surface area (Å²) in [5, 5.41) is 4.58. The summed E-state index contributed by atoms with van der Waals surface area (Å²) in [7, 11) is 0. The lowest BCUT2D eigenvalue weighted by Gasteiger charge is -2.19. The van der Waals surface area contributed by atoms with E-state index in [1.807, 2.05) is 24.3 Å². The number of benzene rings is 2. The molecule has 2 aromatic carbocycles. The van der Waals surface area contributed by atoms with Crippen molar-refractivity contribution in [3.05, 3.63) is 65.9 Å². The number of para-hydroxylation sites is 1. The number of nitrogens with one attached hydrogen (secondary N) is 1. The highest BCUT2D eigenvalue weighted by Crippen LogP contribution is 2.30. The first-order valence-corrected chi connectivity index (χ1v) is 7.11. The number of pyridine rings is 1. The maximum absolute atomic E-state index is 6.11. The van der Waals surface area contributed by atoms with Gasteiger partial charge in [-0.25, -0.2) is 0 Å². The van der Waals surface area contributed by atoms with Gasteiger partial charge in [0.05, 0.1) is 23.1 Å². The van der Waals surface area contributed by atoms with E-state index in [9.17, 15) is 0 Å². The van der Waals surface area contributed by atoms with Crippen LogP contribution in [-0.4, -0.2) is 4.98 Å². The second-order valence-electron chi connectivity index (χ2n) is 5.38. The minimum Gasteiger partial charge on any atom is -0.396 e. The Morgan fingerprint density at radius 1 is 1.05 bits per heavy atom. The molecule has 0 aliphatic rings. The first-order chi connectivity index (χ1) is 10.1. The number of nitrogen functional groups attached to an aromatic ring is 1. The van der Waals surface area contributed by atoms with E-state index in [0.29, 0.717) is 5.69 Å². The number of aromatic nitrogens is 1. The van der Waals surface area contributed by atoms with Crippen molar-refractivity contribution in [2.75, 3.05) is 11.1 Å². The first kappa shape index (κ1) is 13.4. The van der Waals surface area contributed by atoms with E-state index in [0.717, 1.165) is 16.6 Å². The summed E-state index contributed by atoms with van der Waals surface area (Å²) in [4.78, 5) is 4.37. The molecule has 0 spiro atoms. The fraction of sp³-hybridized carbons (Fsp3) is 0.167. The van der Waals surface area contributed by atoms with E-state index in [2.05, 4.69) is 48.4 Å². The molecule has 0 aliphatic carbocycles. The molecule has 3 N–H and O–H groups in total. The average molecular weight is 277 g/mol. The number of anilines is 2. The van der Waals surface area contributed by atoms with Gasteiger partial charge in [0.1, 0.15) is 0 Å². The second kappa shape index (κ2) is 5.44. The third-order valence-electron chi connectivity index (χ3n) is 3.74. The molecular formula is C18H19N3. The Labute approximate surface area is 124 Å². The Bertz CT molecular complexity index is 763. The molecule has 3 nitrogen and oxygen atoms in total. The summed E-state index contributed by atoms with van der Waals surface area (Å²) in [5.74, 6) is 0. The van der Waals surface area contributed by atoms with E-state index < -0.39 is 0 Å². The number of nitrogens with two attached hydrogens (primary N) is 1. The van der Waals surface area contributed by atoms with Crippen LogP contribution in [0.25, 0.3) is 10.9 Å². The van der Waals surface area contributed by atoms with Gasteiger partial charge in [-0.2, -0.15) is 0 Å². The highest BCUT2D eigenvalue weighted by atomic mass is 14.9. The molecule has 106 valence electrons. The lowest BCUT2D eigenvalue weighted by molar-refractivity contribution is 0.886. The third-order valence-corrected chi connectivity index (χ3v) is 3.74. The van der Waals surface area contributed by atoms with Crippen LogP contribution in [0.4, 0.5) is 11.4 Å². The number of fused-ring (bicyclic) bond motifs is 1. The van der Waals surface area contributed by atoms with Crippen molar-refractivity contribution in [3.8, 4) is 0 Å². The monoisotopic (exact) mass is 277 g/mol. The molecule has 3 aromatic rings. The van der Waals surface area contributed by atoms with Crippen LogP contribution in [0.2, 0.25) is 0 Å². The van der Waals surface area contributed by atoms with E-state index in [1.165, 1.54) is 11.1 Å². The van der Waals surface area contributed by atoms with E-state index in [1.54, 1.807) is 6.20 Å². The topological polar surface area (TPSA) is 50.9 Å². The number of aryl methyl sites for hydroxylation is 1. The molecule has 0 bridgehead atoms. The molecule has 3 rings (SSSR count). The van der Waals surface area contributed by atoms with Gasteiger partial charge in [-0.05, 0) is 25.5 Å². The fourth-order valence-corrected chi connectivity index (χ4v) is 2.47. The van der Waals surface area contributed by atoms with Gasteiger partial charge in [0.15, 0.2) is 0 Å². The Balaban J connectivity index is 1.97. The molecular weight excluding hydrogens is 258 g/mol. The summed E-state index contributed by atoms with van der Waals surface area (Å²) in [6.45, 7) is 4.23. The molecule has 1 unspecified atom stereocenters. The second-order valence-corrected chi connectivity index (χ2v) is 5.38. The fourth-order valence-electron chi connectivity index (χ4n) is 2.47. The predicted molar refractivity (Wildman–Crippen MR) is 89.4 cm³/mol. The molecule has 1 atom stereocenters. The third kappa shape index (κ3) is 2.68. The highest BCUT2D eigenvalue weighted by molar-refractivity contribution is 5.96. The summed E-state index contributed by atoms with van der Waals surface area (Å²) in [6, 6.07) is 16.8. The SMILES string of the molecule is Cc1ccc(C(C)Nc2c(N)cnc3ccccc23)cc1. The first-order valence-electron chi connectivity index (χ1n) is 7.11. The number of rotatable bonds is 3. The van der Waals surface area contributed by atoms with Crippen molar-refractivity contribution >= 4 is 22.3 Å². The minimum absolute atomic E-state index is 0.179. The largest absolute Gasteiger partial charge is 0.396 e. The molecule has 0 saturated heterocycles. The summed E-state index contributed by atoms with van der Waals surface area (Å²) >= 11 is 0. The van der Waals surface area contributed by atoms with Crippen LogP contribution in [0.5, 0.6) is 0 Å². The summed E-state index contributed by atoms with van der Waals surface area (Å²) in [5.41, 5.74) is 11.2. The normalized spacial score (nSPS) is 12.3. The van der Waals surface area contributed by atoms with Crippen molar-refractivity contribution < 1.29 is 0 Å². The van der Waals surface area contributed by atoms with Gasteiger partial charge in [0.25, 0.3) is 0 Å². The van der Waals surface area contributed by atoms with Gasteiger partial charge in [-0.3, -0.25) is 4.98 Å². The van der Waals surface area contributed by atoms with Crippen LogP contribution >= 0.6 is 0 Å². The maximum atomic E-state index is 6.11. The number of hydrogen-bond acceptors (Lipinski definition) is 3. The lowest BCUT2D eigenvalue weighted by atomic mass is 10.1. The predicted octanol–water partition coefficient (Wildman–Crippen LogP) is 4.30.